The minimum Gasteiger partial charge on any atom is -0.496 e. The average Bonchev–Trinajstić information content (AvgIpc) is 2.25. The fourth-order valence-electron chi connectivity index (χ4n) is 1.37. The van der Waals surface area contributed by atoms with Crippen LogP contribution in [-0.4, -0.2) is 20.5 Å². The minimum absolute atomic E-state index is 0.162. The van der Waals surface area contributed by atoms with Crippen LogP contribution in [-0.2, 0) is 5.92 Å². The minimum atomic E-state index is -2.95. The molecule has 16 heavy (non-hydrogen) atoms. The lowest BCUT2D eigenvalue weighted by Gasteiger charge is -2.17. The number of methoxy groups -OCH3 is 2. The summed E-state index contributed by atoms with van der Waals surface area (Å²) in [4.78, 5) is 0.771. The molecule has 0 N–H and O–H groups in total. The summed E-state index contributed by atoms with van der Waals surface area (Å²) in [5.74, 6) is -2.34. The molecular formula is C11H14F2O2S. The Morgan fingerprint density at radius 2 is 1.69 bits per heavy atom. The third-order valence-electron chi connectivity index (χ3n) is 2.18. The molecule has 0 aliphatic carbocycles. The van der Waals surface area contributed by atoms with Crippen LogP contribution in [0.3, 0.4) is 0 Å². The van der Waals surface area contributed by atoms with Crippen LogP contribution < -0.4 is 9.47 Å². The maximum Gasteiger partial charge on any atom is 0.274 e. The van der Waals surface area contributed by atoms with Crippen LogP contribution in [0.15, 0.2) is 17.0 Å². The van der Waals surface area contributed by atoms with Crippen molar-refractivity contribution < 1.29 is 18.3 Å². The monoisotopic (exact) mass is 248 g/mol. The van der Waals surface area contributed by atoms with E-state index in [9.17, 15) is 8.78 Å². The highest BCUT2D eigenvalue weighted by atomic mass is 32.2. The van der Waals surface area contributed by atoms with Gasteiger partial charge in [0.05, 0.1) is 24.7 Å². The standard InChI is InChI=1S/C11H14F2O2S/c1-11(12,13)7-5-9(15-3)10(16-4)6-8(7)14-2/h5-6H,1-4H3. The molecule has 0 heterocycles. The van der Waals surface area contributed by atoms with E-state index in [0.717, 1.165) is 11.8 Å². The van der Waals surface area contributed by atoms with Crippen LogP contribution >= 0.6 is 11.8 Å². The van der Waals surface area contributed by atoms with Crippen molar-refractivity contribution in [2.75, 3.05) is 20.5 Å². The van der Waals surface area contributed by atoms with Gasteiger partial charge in [-0.15, -0.1) is 11.8 Å². The molecule has 0 aliphatic heterocycles. The van der Waals surface area contributed by atoms with E-state index >= 15 is 0 Å². The fraction of sp³-hybridized carbons (Fsp3) is 0.455. The molecule has 0 atom stereocenters. The summed E-state index contributed by atoms with van der Waals surface area (Å²) in [6.07, 6.45) is 1.85. The Morgan fingerprint density at radius 3 is 2.06 bits per heavy atom. The topological polar surface area (TPSA) is 18.5 Å². The molecule has 0 fully saturated rings. The molecule has 1 aromatic carbocycles. The summed E-state index contributed by atoms with van der Waals surface area (Å²) in [5, 5.41) is 0. The largest absolute Gasteiger partial charge is 0.496 e. The second kappa shape index (κ2) is 4.91. The van der Waals surface area contributed by atoms with Crippen molar-refractivity contribution in [3.8, 4) is 11.5 Å². The van der Waals surface area contributed by atoms with Gasteiger partial charge in [-0.25, -0.2) is 8.78 Å². The van der Waals surface area contributed by atoms with Crippen molar-refractivity contribution >= 4 is 11.8 Å². The zero-order valence-corrected chi connectivity index (χ0v) is 10.5. The van der Waals surface area contributed by atoms with Gasteiger partial charge in [0.25, 0.3) is 5.92 Å². The van der Waals surface area contributed by atoms with Crippen LogP contribution in [0.4, 0.5) is 8.78 Å². The van der Waals surface area contributed by atoms with Crippen molar-refractivity contribution in [1.29, 1.82) is 0 Å². The SMILES string of the molecule is COc1cc(C(C)(F)F)c(OC)cc1SC. The Morgan fingerprint density at radius 1 is 1.12 bits per heavy atom. The Bertz CT molecular complexity index is 375. The first-order valence-electron chi connectivity index (χ1n) is 4.62. The molecule has 1 rings (SSSR count). The molecule has 0 radical (unpaired) electrons. The summed E-state index contributed by atoms with van der Waals surface area (Å²) in [6, 6.07) is 2.89. The zero-order chi connectivity index (χ0) is 12.3. The molecule has 0 aliphatic rings. The van der Waals surface area contributed by atoms with Gasteiger partial charge in [0, 0.05) is 6.92 Å². The van der Waals surface area contributed by atoms with E-state index in [1.165, 1.54) is 32.0 Å². The Kier molecular flexibility index (Phi) is 4.02. The first kappa shape index (κ1) is 13.1. The summed E-state index contributed by atoms with van der Waals surface area (Å²) >= 11 is 1.42. The Labute approximate surface area is 97.9 Å². The Hall–Kier alpha value is -0.970. The molecule has 0 bridgehead atoms. The number of halogens is 2. The molecule has 0 saturated heterocycles. The maximum absolute atomic E-state index is 13.3. The normalized spacial score (nSPS) is 11.4. The van der Waals surface area contributed by atoms with E-state index in [1.54, 1.807) is 6.07 Å². The van der Waals surface area contributed by atoms with E-state index in [2.05, 4.69) is 0 Å². The lowest BCUT2D eigenvalue weighted by molar-refractivity contribution is 0.0147. The number of thioether (sulfide) groups is 1. The second-order valence-corrected chi connectivity index (χ2v) is 4.14. The van der Waals surface area contributed by atoms with Crippen molar-refractivity contribution in [2.24, 2.45) is 0 Å². The van der Waals surface area contributed by atoms with Crippen LogP contribution in [0.1, 0.15) is 12.5 Å². The lowest BCUT2D eigenvalue weighted by Crippen LogP contribution is -2.09. The van der Waals surface area contributed by atoms with Gasteiger partial charge in [0.2, 0.25) is 0 Å². The molecule has 0 saturated carbocycles. The number of rotatable bonds is 4. The number of alkyl halides is 2. The highest BCUT2D eigenvalue weighted by molar-refractivity contribution is 7.98. The predicted octanol–water partition coefficient (Wildman–Crippen LogP) is 3.54. The molecule has 0 spiro atoms. The first-order valence-corrected chi connectivity index (χ1v) is 5.84. The number of hydrogen-bond acceptors (Lipinski definition) is 3. The fourth-order valence-corrected chi connectivity index (χ4v) is 1.94. The summed E-state index contributed by atoms with van der Waals surface area (Å²) in [6.45, 7) is 0.836. The van der Waals surface area contributed by atoms with E-state index in [1.807, 2.05) is 6.26 Å². The third-order valence-corrected chi connectivity index (χ3v) is 2.94. The van der Waals surface area contributed by atoms with Crippen LogP contribution in [0.5, 0.6) is 11.5 Å². The van der Waals surface area contributed by atoms with E-state index < -0.39 is 5.92 Å². The number of hydrogen-bond donors (Lipinski definition) is 0. The third kappa shape index (κ3) is 2.58. The van der Waals surface area contributed by atoms with Gasteiger partial charge < -0.3 is 9.47 Å². The quantitative estimate of drug-likeness (QED) is 0.759. The summed E-state index contributed by atoms with van der Waals surface area (Å²) in [5.41, 5.74) is -0.162. The van der Waals surface area contributed by atoms with Gasteiger partial charge in [-0.05, 0) is 18.4 Å². The van der Waals surface area contributed by atoms with E-state index in [4.69, 9.17) is 9.47 Å². The van der Waals surface area contributed by atoms with Gasteiger partial charge >= 0.3 is 0 Å². The summed E-state index contributed by atoms with van der Waals surface area (Å²) in [7, 11) is 2.83. The highest BCUT2D eigenvalue weighted by Gasteiger charge is 2.30. The van der Waals surface area contributed by atoms with Gasteiger partial charge in [0.15, 0.2) is 0 Å². The second-order valence-electron chi connectivity index (χ2n) is 3.30. The van der Waals surface area contributed by atoms with Gasteiger partial charge in [-0.1, -0.05) is 0 Å². The summed E-state index contributed by atoms with van der Waals surface area (Å²) < 4.78 is 36.7. The molecular weight excluding hydrogens is 234 g/mol. The van der Waals surface area contributed by atoms with Crippen molar-refractivity contribution in [3.05, 3.63) is 17.7 Å². The van der Waals surface area contributed by atoms with Gasteiger partial charge in [0.1, 0.15) is 11.5 Å². The van der Waals surface area contributed by atoms with Crippen LogP contribution in [0.2, 0.25) is 0 Å². The van der Waals surface area contributed by atoms with Gasteiger partial charge in [-0.2, -0.15) is 0 Å². The van der Waals surface area contributed by atoms with E-state index in [0.29, 0.717) is 5.75 Å². The van der Waals surface area contributed by atoms with E-state index in [-0.39, 0.29) is 11.3 Å². The number of ether oxygens (including phenoxy) is 2. The molecule has 0 unspecified atom stereocenters. The van der Waals surface area contributed by atoms with Crippen molar-refractivity contribution in [3.63, 3.8) is 0 Å². The van der Waals surface area contributed by atoms with Crippen molar-refractivity contribution in [1.82, 2.24) is 0 Å². The molecule has 1 aromatic rings. The molecule has 0 amide bonds. The smallest absolute Gasteiger partial charge is 0.274 e. The lowest BCUT2D eigenvalue weighted by atomic mass is 10.1. The highest BCUT2D eigenvalue weighted by Crippen LogP contribution is 2.41. The van der Waals surface area contributed by atoms with Crippen LogP contribution in [0, 0.1) is 0 Å². The predicted molar refractivity (Wildman–Crippen MR) is 60.9 cm³/mol. The average molecular weight is 248 g/mol. The van der Waals surface area contributed by atoms with Crippen molar-refractivity contribution in [2.45, 2.75) is 17.7 Å². The molecule has 0 aromatic heterocycles. The Balaban J connectivity index is 3.38. The number of benzene rings is 1. The molecule has 2 nitrogen and oxygen atoms in total. The zero-order valence-electron chi connectivity index (χ0n) is 9.64. The molecule has 5 heteroatoms. The first-order chi connectivity index (χ1) is 7.43. The molecule has 90 valence electrons. The van der Waals surface area contributed by atoms with Gasteiger partial charge in [-0.3, -0.25) is 0 Å². The maximum atomic E-state index is 13.3. The van der Waals surface area contributed by atoms with Crippen LogP contribution in [0.25, 0.3) is 0 Å².